The highest BCUT2D eigenvalue weighted by Gasteiger charge is 2.35. The van der Waals surface area contributed by atoms with Crippen LogP contribution in [0.3, 0.4) is 0 Å². The van der Waals surface area contributed by atoms with Crippen LogP contribution in [-0.2, 0) is 11.0 Å². The first-order valence-electron chi connectivity index (χ1n) is 8.76. The van der Waals surface area contributed by atoms with Crippen molar-refractivity contribution in [2.45, 2.75) is 25.1 Å². The van der Waals surface area contributed by atoms with E-state index in [1.807, 2.05) is 4.90 Å². The van der Waals surface area contributed by atoms with Crippen molar-refractivity contribution in [3.8, 4) is 0 Å². The number of carboxylic acids is 1. The van der Waals surface area contributed by atoms with Gasteiger partial charge >= 0.3 is 12.1 Å². The summed E-state index contributed by atoms with van der Waals surface area (Å²) in [5.41, 5.74) is -0.117. The second kappa shape index (κ2) is 8.09. The highest BCUT2D eigenvalue weighted by atomic mass is 35.5. The Bertz CT molecular complexity index is 864. The van der Waals surface area contributed by atoms with Gasteiger partial charge in [-0.3, -0.25) is 9.69 Å². The van der Waals surface area contributed by atoms with Gasteiger partial charge in [0.15, 0.2) is 0 Å². The number of hydrogen-bond acceptors (Lipinski definition) is 2. The molecule has 0 aromatic heterocycles. The Labute approximate surface area is 164 Å². The van der Waals surface area contributed by atoms with Crippen LogP contribution < -0.4 is 0 Å². The number of carboxylic acid groups (broad SMARTS) is 1. The Morgan fingerprint density at radius 3 is 2.32 bits per heavy atom. The van der Waals surface area contributed by atoms with Gasteiger partial charge in [-0.1, -0.05) is 29.8 Å². The summed E-state index contributed by atoms with van der Waals surface area (Å²) in [6, 6.07) is 8.74. The third-order valence-corrected chi connectivity index (χ3v) is 5.35. The highest BCUT2D eigenvalue weighted by molar-refractivity contribution is 6.31. The predicted octanol–water partition coefficient (Wildman–Crippen LogP) is 5.38. The molecule has 3 rings (SSSR count). The molecule has 0 spiro atoms. The number of rotatable bonds is 4. The molecular weight excluding hydrogens is 398 g/mol. The van der Waals surface area contributed by atoms with E-state index in [0.29, 0.717) is 37.1 Å². The fourth-order valence-corrected chi connectivity index (χ4v) is 3.85. The minimum Gasteiger partial charge on any atom is -0.481 e. The Morgan fingerprint density at radius 2 is 1.75 bits per heavy atom. The SMILES string of the molecule is O=C(O)C1CCN(C(c2cccc(F)c2)c2ccc(Cl)c(C(F)(F)F)c2)CC1. The first-order chi connectivity index (χ1) is 13.2. The van der Waals surface area contributed by atoms with Crippen molar-refractivity contribution in [3.63, 3.8) is 0 Å². The molecule has 8 heteroatoms. The van der Waals surface area contributed by atoms with Gasteiger partial charge in [-0.2, -0.15) is 13.2 Å². The normalized spacial score (nSPS) is 17.5. The summed E-state index contributed by atoms with van der Waals surface area (Å²) in [7, 11) is 0. The molecule has 1 saturated heterocycles. The number of alkyl halides is 3. The molecule has 1 heterocycles. The summed E-state index contributed by atoms with van der Waals surface area (Å²) in [5, 5.41) is 8.78. The lowest BCUT2D eigenvalue weighted by Gasteiger charge is -2.37. The lowest BCUT2D eigenvalue weighted by Crippen LogP contribution is -2.39. The first-order valence-corrected chi connectivity index (χ1v) is 9.13. The van der Waals surface area contributed by atoms with Gasteiger partial charge in [-0.05, 0) is 61.3 Å². The van der Waals surface area contributed by atoms with Crippen LogP contribution in [0, 0.1) is 11.7 Å². The van der Waals surface area contributed by atoms with E-state index in [4.69, 9.17) is 11.6 Å². The molecule has 0 saturated carbocycles. The van der Waals surface area contributed by atoms with Crippen molar-refractivity contribution in [1.82, 2.24) is 4.90 Å². The molecule has 2 aromatic carbocycles. The summed E-state index contributed by atoms with van der Waals surface area (Å²) >= 11 is 5.74. The molecule has 28 heavy (non-hydrogen) atoms. The van der Waals surface area contributed by atoms with E-state index in [2.05, 4.69) is 0 Å². The van der Waals surface area contributed by atoms with Gasteiger partial charge in [0, 0.05) is 0 Å². The summed E-state index contributed by atoms with van der Waals surface area (Å²) < 4.78 is 53.8. The zero-order valence-electron chi connectivity index (χ0n) is 14.7. The van der Waals surface area contributed by atoms with Crippen molar-refractivity contribution in [2.75, 3.05) is 13.1 Å². The number of halogens is 5. The summed E-state index contributed by atoms with van der Waals surface area (Å²) in [4.78, 5) is 13.1. The lowest BCUT2D eigenvalue weighted by molar-refractivity contribution is -0.143. The van der Waals surface area contributed by atoms with Gasteiger partial charge in [0.25, 0.3) is 0 Å². The van der Waals surface area contributed by atoms with E-state index in [-0.39, 0.29) is 0 Å². The van der Waals surface area contributed by atoms with Crippen molar-refractivity contribution < 1.29 is 27.5 Å². The lowest BCUT2D eigenvalue weighted by atomic mass is 9.90. The maximum Gasteiger partial charge on any atom is 0.417 e. The number of hydrogen-bond donors (Lipinski definition) is 1. The van der Waals surface area contributed by atoms with Gasteiger partial charge in [0.05, 0.1) is 22.5 Å². The second-order valence-corrected chi connectivity index (χ2v) is 7.25. The molecule has 150 valence electrons. The number of likely N-dealkylation sites (tertiary alicyclic amines) is 1. The minimum absolute atomic E-state index is 0.330. The van der Waals surface area contributed by atoms with E-state index >= 15 is 0 Å². The van der Waals surface area contributed by atoms with E-state index < -0.39 is 40.5 Å². The topological polar surface area (TPSA) is 40.5 Å². The van der Waals surface area contributed by atoms with Gasteiger partial charge in [0.1, 0.15) is 5.82 Å². The molecule has 1 N–H and O–H groups in total. The highest BCUT2D eigenvalue weighted by Crippen LogP contribution is 2.39. The fraction of sp³-hybridized carbons (Fsp3) is 0.350. The van der Waals surface area contributed by atoms with Gasteiger partial charge in [-0.25, -0.2) is 4.39 Å². The van der Waals surface area contributed by atoms with E-state index in [9.17, 15) is 27.5 Å². The van der Waals surface area contributed by atoms with E-state index in [1.165, 1.54) is 30.3 Å². The Kier molecular flexibility index (Phi) is 5.95. The zero-order valence-corrected chi connectivity index (χ0v) is 15.5. The second-order valence-electron chi connectivity index (χ2n) is 6.84. The van der Waals surface area contributed by atoms with Crippen LogP contribution in [0.25, 0.3) is 0 Å². The third-order valence-electron chi connectivity index (χ3n) is 5.02. The zero-order chi connectivity index (χ0) is 20.5. The summed E-state index contributed by atoms with van der Waals surface area (Å²) in [6.07, 6.45) is -3.86. The Balaban J connectivity index is 2.02. The molecule has 2 aromatic rings. The Hall–Kier alpha value is -2.12. The van der Waals surface area contributed by atoms with Gasteiger partial charge in [-0.15, -0.1) is 0 Å². The Morgan fingerprint density at radius 1 is 1.11 bits per heavy atom. The minimum atomic E-state index is -4.62. The molecule has 1 atom stereocenters. The average molecular weight is 416 g/mol. The van der Waals surface area contributed by atoms with Crippen molar-refractivity contribution in [3.05, 3.63) is 70.0 Å². The maximum atomic E-state index is 13.8. The number of carbonyl (C=O) groups is 1. The molecule has 0 aliphatic carbocycles. The predicted molar refractivity (Wildman–Crippen MR) is 96.6 cm³/mol. The molecule has 1 unspecified atom stereocenters. The molecule has 3 nitrogen and oxygen atoms in total. The first kappa shape index (κ1) is 20.6. The van der Waals surface area contributed by atoms with Crippen LogP contribution in [0.15, 0.2) is 42.5 Å². The summed E-state index contributed by atoms with van der Waals surface area (Å²) in [5.74, 6) is -1.86. The molecule has 0 radical (unpaired) electrons. The molecular formula is C20H18ClF4NO2. The van der Waals surface area contributed by atoms with E-state index in [1.54, 1.807) is 6.07 Å². The fourth-order valence-electron chi connectivity index (χ4n) is 3.63. The van der Waals surface area contributed by atoms with Crippen LogP contribution >= 0.6 is 11.6 Å². The van der Waals surface area contributed by atoms with Crippen LogP contribution in [0.1, 0.15) is 35.6 Å². The van der Waals surface area contributed by atoms with Crippen molar-refractivity contribution in [1.29, 1.82) is 0 Å². The van der Waals surface area contributed by atoms with Gasteiger partial charge < -0.3 is 5.11 Å². The molecule has 0 bridgehead atoms. The van der Waals surface area contributed by atoms with Crippen LogP contribution in [0.4, 0.5) is 17.6 Å². The quantitative estimate of drug-likeness (QED) is 0.681. The largest absolute Gasteiger partial charge is 0.481 e. The monoisotopic (exact) mass is 415 g/mol. The smallest absolute Gasteiger partial charge is 0.417 e. The molecule has 0 amide bonds. The summed E-state index contributed by atoms with van der Waals surface area (Å²) in [6.45, 7) is 0.754. The maximum absolute atomic E-state index is 13.8. The molecule has 1 fully saturated rings. The van der Waals surface area contributed by atoms with Crippen LogP contribution in [0.5, 0.6) is 0 Å². The number of nitrogens with zero attached hydrogens (tertiary/aromatic N) is 1. The van der Waals surface area contributed by atoms with Crippen LogP contribution in [-0.4, -0.2) is 29.1 Å². The molecule has 1 aliphatic heterocycles. The number of piperidine rings is 1. The van der Waals surface area contributed by atoms with E-state index in [0.717, 1.165) is 6.07 Å². The third kappa shape index (κ3) is 4.47. The van der Waals surface area contributed by atoms with Crippen molar-refractivity contribution in [2.24, 2.45) is 5.92 Å². The van der Waals surface area contributed by atoms with Crippen molar-refractivity contribution >= 4 is 17.6 Å². The number of benzene rings is 2. The van der Waals surface area contributed by atoms with Crippen LogP contribution in [0.2, 0.25) is 5.02 Å². The molecule has 1 aliphatic rings. The van der Waals surface area contributed by atoms with Gasteiger partial charge in [0.2, 0.25) is 0 Å². The standard InChI is InChI=1S/C20H18ClF4NO2/c21-17-5-4-14(11-16(17)20(23,24)25)18(13-2-1-3-15(22)10-13)26-8-6-12(7-9-26)19(27)28/h1-5,10-12,18H,6-9H2,(H,27,28). The number of aliphatic carboxylic acids is 1. The average Bonchev–Trinajstić information content (AvgIpc) is 2.63.